The third-order valence-corrected chi connectivity index (χ3v) is 4.29. The maximum Gasteiger partial charge on any atom is 0.152 e. The van der Waals surface area contributed by atoms with Gasteiger partial charge in [-0.2, -0.15) is 0 Å². The monoisotopic (exact) mass is 341 g/mol. The summed E-state index contributed by atoms with van der Waals surface area (Å²) < 4.78 is 7.88. The van der Waals surface area contributed by atoms with Gasteiger partial charge in [0.25, 0.3) is 0 Å². The lowest BCUT2D eigenvalue weighted by Gasteiger charge is -2.08. The summed E-state index contributed by atoms with van der Waals surface area (Å²) in [6, 6.07) is 13.7. The zero-order chi connectivity index (χ0) is 16.9. The van der Waals surface area contributed by atoms with Crippen molar-refractivity contribution in [3.05, 3.63) is 64.8 Å². The van der Waals surface area contributed by atoms with E-state index in [2.05, 4.69) is 17.6 Å². The van der Waals surface area contributed by atoms with Crippen LogP contribution >= 0.6 is 11.6 Å². The predicted molar refractivity (Wildman–Crippen MR) is 98.2 cm³/mol. The van der Waals surface area contributed by atoms with Gasteiger partial charge in [0.15, 0.2) is 6.29 Å². The largest absolute Gasteiger partial charge is 0.494 e. The van der Waals surface area contributed by atoms with Crippen molar-refractivity contribution in [3.8, 4) is 5.75 Å². The Balaban J connectivity index is 1.57. The Labute approximate surface area is 146 Å². The lowest BCUT2D eigenvalue weighted by Crippen LogP contribution is -2.01. The number of nitrogens with zero attached hydrogens (tertiary/aromatic N) is 1. The first-order chi connectivity index (χ1) is 11.7. The number of fused-ring (bicyclic) bond motifs is 1. The van der Waals surface area contributed by atoms with Crippen LogP contribution in [-0.2, 0) is 6.54 Å². The molecule has 24 heavy (non-hydrogen) atoms. The molecule has 0 N–H and O–H groups in total. The summed E-state index contributed by atoms with van der Waals surface area (Å²) in [7, 11) is 0. The fraction of sp³-hybridized carbons (Fsp3) is 0.250. The van der Waals surface area contributed by atoms with Gasteiger partial charge in [0.05, 0.1) is 6.61 Å². The molecule has 0 amide bonds. The third-order valence-electron chi connectivity index (χ3n) is 4.05. The highest BCUT2D eigenvalue weighted by molar-refractivity contribution is 6.31. The molecule has 3 rings (SSSR count). The molecule has 0 radical (unpaired) electrons. The Morgan fingerprint density at radius 1 is 1.17 bits per heavy atom. The van der Waals surface area contributed by atoms with E-state index in [4.69, 9.17) is 16.3 Å². The van der Waals surface area contributed by atoms with Gasteiger partial charge in [-0.15, -0.1) is 0 Å². The highest BCUT2D eigenvalue weighted by Crippen LogP contribution is 2.24. The van der Waals surface area contributed by atoms with E-state index in [9.17, 15) is 4.79 Å². The highest BCUT2D eigenvalue weighted by Gasteiger charge is 2.08. The van der Waals surface area contributed by atoms with E-state index in [1.807, 2.05) is 42.6 Å². The number of halogens is 1. The average molecular weight is 342 g/mol. The molecule has 2 aromatic carbocycles. The van der Waals surface area contributed by atoms with Crippen molar-refractivity contribution >= 4 is 28.8 Å². The smallest absolute Gasteiger partial charge is 0.152 e. The second-order valence-corrected chi connectivity index (χ2v) is 6.37. The van der Waals surface area contributed by atoms with E-state index < -0.39 is 0 Å². The van der Waals surface area contributed by atoms with Crippen LogP contribution in [-0.4, -0.2) is 17.5 Å². The summed E-state index contributed by atoms with van der Waals surface area (Å²) >= 11 is 6.03. The molecule has 0 aliphatic rings. The molecule has 0 aliphatic carbocycles. The molecule has 3 aromatic rings. The van der Waals surface area contributed by atoms with Gasteiger partial charge in [0.2, 0.25) is 0 Å². The second kappa shape index (κ2) is 7.54. The number of hydrogen-bond donors (Lipinski definition) is 0. The molecule has 4 heteroatoms. The number of aromatic nitrogens is 1. The van der Waals surface area contributed by atoms with E-state index in [1.165, 1.54) is 5.56 Å². The van der Waals surface area contributed by atoms with Crippen LogP contribution in [0.25, 0.3) is 10.9 Å². The molecule has 0 saturated carbocycles. The van der Waals surface area contributed by atoms with Crippen LogP contribution in [0.5, 0.6) is 5.75 Å². The summed E-state index contributed by atoms with van der Waals surface area (Å²) in [6.45, 7) is 3.60. The fourth-order valence-corrected chi connectivity index (χ4v) is 3.03. The van der Waals surface area contributed by atoms with Gasteiger partial charge in [0, 0.05) is 34.2 Å². The van der Waals surface area contributed by atoms with Crippen LogP contribution in [0.4, 0.5) is 0 Å². The van der Waals surface area contributed by atoms with Crippen molar-refractivity contribution < 1.29 is 9.53 Å². The molecule has 1 aromatic heterocycles. The molecule has 124 valence electrons. The Morgan fingerprint density at radius 2 is 2.04 bits per heavy atom. The Bertz CT molecular complexity index is 854. The first-order valence-electron chi connectivity index (χ1n) is 8.10. The minimum atomic E-state index is 0.648. The van der Waals surface area contributed by atoms with E-state index in [0.29, 0.717) is 17.2 Å². The molecular formula is C20H20ClNO2. The number of carbonyl (C=O) groups is 1. The first kappa shape index (κ1) is 16.6. The number of aldehydes is 1. The maximum atomic E-state index is 11.2. The minimum Gasteiger partial charge on any atom is -0.494 e. The summed E-state index contributed by atoms with van der Waals surface area (Å²) in [5.41, 5.74) is 2.93. The zero-order valence-corrected chi connectivity index (χ0v) is 14.4. The molecule has 0 fully saturated rings. The van der Waals surface area contributed by atoms with Crippen molar-refractivity contribution in [3.63, 3.8) is 0 Å². The third kappa shape index (κ3) is 3.80. The van der Waals surface area contributed by atoms with Crippen LogP contribution in [0.15, 0.2) is 48.7 Å². The van der Waals surface area contributed by atoms with E-state index >= 15 is 0 Å². The van der Waals surface area contributed by atoms with E-state index in [1.54, 1.807) is 0 Å². The van der Waals surface area contributed by atoms with E-state index in [0.717, 1.165) is 42.3 Å². The number of ether oxygens (including phenoxy) is 1. The van der Waals surface area contributed by atoms with Crippen LogP contribution in [0.2, 0.25) is 5.02 Å². The van der Waals surface area contributed by atoms with Crippen LogP contribution in [0, 0.1) is 6.92 Å². The number of carbonyl (C=O) groups excluding carboxylic acids is 1. The molecule has 0 spiro atoms. The quantitative estimate of drug-likeness (QED) is 0.432. The molecule has 3 nitrogen and oxygen atoms in total. The van der Waals surface area contributed by atoms with Crippen LogP contribution in [0.3, 0.4) is 0 Å². The summed E-state index contributed by atoms with van der Waals surface area (Å²) in [6.07, 6.45) is 4.72. The van der Waals surface area contributed by atoms with Gasteiger partial charge < -0.3 is 9.30 Å². The van der Waals surface area contributed by atoms with Crippen molar-refractivity contribution in [1.82, 2.24) is 4.57 Å². The SMILES string of the molecule is Cc1cccc(OCCCCn2cc(C=O)c3cc(Cl)ccc32)c1. The lowest BCUT2D eigenvalue weighted by atomic mass is 10.2. The lowest BCUT2D eigenvalue weighted by molar-refractivity contribution is 0.112. The Morgan fingerprint density at radius 3 is 2.83 bits per heavy atom. The molecule has 1 heterocycles. The zero-order valence-electron chi connectivity index (χ0n) is 13.7. The Hall–Kier alpha value is -2.26. The number of aryl methyl sites for hydroxylation is 2. The maximum absolute atomic E-state index is 11.2. The predicted octanol–water partition coefficient (Wildman–Crippen LogP) is 5.27. The number of benzene rings is 2. The first-order valence-corrected chi connectivity index (χ1v) is 8.48. The van der Waals surface area contributed by atoms with Gasteiger partial charge in [-0.3, -0.25) is 4.79 Å². The van der Waals surface area contributed by atoms with Crippen molar-refractivity contribution in [2.45, 2.75) is 26.3 Å². The summed E-state index contributed by atoms with van der Waals surface area (Å²) in [5.74, 6) is 0.916. The average Bonchev–Trinajstić information content (AvgIpc) is 2.91. The van der Waals surface area contributed by atoms with Gasteiger partial charge in [0.1, 0.15) is 5.75 Å². The molecule has 0 atom stereocenters. The van der Waals surface area contributed by atoms with Crippen molar-refractivity contribution in [2.24, 2.45) is 0 Å². The van der Waals surface area contributed by atoms with Gasteiger partial charge in [-0.1, -0.05) is 23.7 Å². The molecule has 0 bridgehead atoms. The second-order valence-electron chi connectivity index (χ2n) is 5.93. The van der Waals surface area contributed by atoms with Gasteiger partial charge in [-0.25, -0.2) is 0 Å². The summed E-state index contributed by atoms with van der Waals surface area (Å²) in [5, 5.41) is 1.56. The molecule has 0 aliphatic heterocycles. The molecule has 0 saturated heterocycles. The fourth-order valence-electron chi connectivity index (χ4n) is 2.86. The number of rotatable bonds is 7. The van der Waals surface area contributed by atoms with Gasteiger partial charge in [-0.05, 0) is 55.7 Å². The number of hydrogen-bond acceptors (Lipinski definition) is 2. The molecule has 0 unspecified atom stereocenters. The van der Waals surface area contributed by atoms with Crippen molar-refractivity contribution in [1.29, 1.82) is 0 Å². The van der Waals surface area contributed by atoms with Crippen molar-refractivity contribution in [2.75, 3.05) is 6.61 Å². The number of unbranched alkanes of at least 4 members (excludes halogenated alkanes) is 1. The Kier molecular flexibility index (Phi) is 5.21. The minimum absolute atomic E-state index is 0.648. The van der Waals surface area contributed by atoms with Gasteiger partial charge >= 0.3 is 0 Å². The summed E-state index contributed by atoms with van der Waals surface area (Å²) in [4.78, 5) is 11.2. The standard InChI is InChI=1S/C20H20ClNO2/c1-15-5-4-6-18(11-15)24-10-3-2-9-22-13-16(14-23)19-12-17(21)7-8-20(19)22/h4-8,11-14H,2-3,9-10H2,1H3. The highest BCUT2D eigenvalue weighted by atomic mass is 35.5. The topological polar surface area (TPSA) is 31.2 Å². The van der Waals surface area contributed by atoms with Crippen LogP contribution in [0.1, 0.15) is 28.8 Å². The molecular weight excluding hydrogens is 322 g/mol. The van der Waals surface area contributed by atoms with Crippen LogP contribution < -0.4 is 4.74 Å². The normalized spacial score (nSPS) is 10.9. The van der Waals surface area contributed by atoms with E-state index in [-0.39, 0.29) is 0 Å².